The zero-order valence-corrected chi connectivity index (χ0v) is 19.2. The summed E-state index contributed by atoms with van der Waals surface area (Å²) in [6.07, 6.45) is 6.16. The molecule has 32 heavy (non-hydrogen) atoms. The van der Waals surface area contributed by atoms with Gasteiger partial charge in [-0.15, -0.1) is 0 Å². The van der Waals surface area contributed by atoms with Crippen LogP contribution in [0.5, 0.6) is 0 Å². The van der Waals surface area contributed by atoms with Gasteiger partial charge in [0.1, 0.15) is 0 Å². The van der Waals surface area contributed by atoms with E-state index in [1.807, 2.05) is 36.4 Å². The second kappa shape index (κ2) is 8.32. The molecule has 0 spiro atoms. The highest BCUT2D eigenvalue weighted by Gasteiger charge is 2.57. The van der Waals surface area contributed by atoms with Crippen LogP contribution in [0, 0.1) is 0 Å². The Morgan fingerprint density at radius 3 is 2.44 bits per heavy atom. The zero-order chi connectivity index (χ0) is 23.0. The number of hydrogen-bond acceptors (Lipinski definition) is 5. The third-order valence-electron chi connectivity index (χ3n) is 5.78. The van der Waals surface area contributed by atoms with E-state index in [0.29, 0.717) is 24.4 Å². The van der Waals surface area contributed by atoms with Crippen LogP contribution in [0.1, 0.15) is 30.0 Å². The zero-order valence-electron chi connectivity index (χ0n) is 17.6. The summed E-state index contributed by atoms with van der Waals surface area (Å²) in [4.78, 5) is 0. The van der Waals surface area contributed by atoms with Crippen LogP contribution in [0.4, 0.5) is 5.69 Å². The number of allylic oxidation sites excluding steroid dienone is 4. The first-order valence-electron chi connectivity index (χ1n) is 10.1. The molecular weight excluding hydrogens is 446 g/mol. The van der Waals surface area contributed by atoms with Crippen molar-refractivity contribution in [2.24, 2.45) is 5.14 Å². The Balaban J connectivity index is 1.84. The van der Waals surface area contributed by atoms with Crippen LogP contribution in [0.25, 0.3) is 6.08 Å². The first kappa shape index (κ1) is 22.5. The Morgan fingerprint density at radius 1 is 0.969 bits per heavy atom. The summed E-state index contributed by atoms with van der Waals surface area (Å²) in [7, 11) is -9.11. The van der Waals surface area contributed by atoms with Crippen LogP contribution in [-0.2, 0) is 33.1 Å². The molecule has 0 amide bonds. The minimum absolute atomic E-state index is 0.0904. The van der Waals surface area contributed by atoms with E-state index in [9.17, 15) is 16.8 Å². The first-order valence-corrected chi connectivity index (χ1v) is 13.1. The van der Waals surface area contributed by atoms with Gasteiger partial charge in [-0.2, -0.15) is 0 Å². The molecule has 4 N–H and O–H groups in total. The molecule has 1 unspecified atom stereocenters. The standard InChI is InChI=1S/C23H25N3O4S2/c1-17-10-12-20(13-11-18-6-3-2-4-7-18)23(14-17,31(24,27)28)32(29,30)26-22-9-5-8-19-15-25-16-21(19)22/h2-13,25-26H,14-16H2,1H3,(H2,24,27,28). The van der Waals surface area contributed by atoms with E-state index in [0.717, 1.165) is 16.7 Å². The lowest BCUT2D eigenvalue weighted by Gasteiger charge is -2.35. The SMILES string of the molecule is CC1=CC=C(C=Cc2ccccc2)C(S(N)(=O)=O)(S(=O)(=O)Nc2cccc3c2CNC3)C1. The fourth-order valence-corrected chi connectivity index (χ4v) is 7.89. The molecule has 0 bridgehead atoms. The van der Waals surface area contributed by atoms with Gasteiger partial charge in [-0.05, 0) is 35.3 Å². The Kier molecular flexibility index (Phi) is 5.85. The Hall–Kier alpha value is -2.72. The Morgan fingerprint density at radius 2 is 1.72 bits per heavy atom. The molecule has 7 nitrogen and oxygen atoms in total. The van der Waals surface area contributed by atoms with Crippen LogP contribution in [0.15, 0.2) is 77.9 Å². The molecule has 1 aliphatic carbocycles. The van der Waals surface area contributed by atoms with Crippen molar-refractivity contribution in [1.29, 1.82) is 0 Å². The van der Waals surface area contributed by atoms with Gasteiger partial charge in [0.05, 0.1) is 5.69 Å². The third-order valence-corrected chi connectivity index (χ3v) is 10.2. The van der Waals surface area contributed by atoms with Crippen LogP contribution < -0.4 is 15.2 Å². The number of primary sulfonamides is 1. The van der Waals surface area contributed by atoms with Gasteiger partial charge < -0.3 is 5.32 Å². The first-order chi connectivity index (χ1) is 15.1. The molecular formula is C23H25N3O4S2. The fraction of sp³-hybridized carbons (Fsp3) is 0.217. The third kappa shape index (κ3) is 3.93. The molecule has 4 rings (SSSR count). The highest BCUT2D eigenvalue weighted by Crippen LogP contribution is 2.42. The van der Waals surface area contributed by atoms with Crippen molar-refractivity contribution < 1.29 is 16.8 Å². The molecule has 9 heteroatoms. The number of benzene rings is 2. The highest BCUT2D eigenvalue weighted by atomic mass is 32.3. The van der Waals surface area contributed by atoms with Gasteiger partial charge >= 0.3 is 0 Å². The summed E-state index contributed by atoms with van der Waals surface area (Å²) in [6.45, 7) is 2.80. The van der Waals surface area contributed by atoms with Crippen molar-refractivity contribution in [3.8, 4) is 0 Å². The monoisotopic (exact) mass is 471 g/mol. The van der Waals surface area contributed by atoms with Gasteiger partial charge in [-0.25, -0.2) is 22.0 Å². The molecule has 0 aromatic heterocycles. The summed E-state index contributed by atoms with van der Waals surface area (Å²) >= 11 is 0. The predicted molar refractivity (Wildman–Crippen MR) is 127 cm³/mol. The Labute approximate surface area is 188 Å². The number of anilines is 1. The average Bonchev–Trinajstić information content (AvgIpc) is 3.22. The maximum absolute atomic E-state index is 13.8. The second-order valence-corrected chi connectivity index (χ2v) is 12.0. The fourth-order valence-electron chi connectivity index (χ4n) is 4.14. The van der Waals surface area contributed by atoms with Crippen LogP contribution >= 0.6 is 0 Å². The molecule has 1 aliphatic heterocycles. The number of sulfonamides is 2. The number of fused-ring (bicyclic) bond motifs is 1. The van der Waals surface area contributed by atoms with Crippen molar-refractivity contribution in [3.63, 3.8) is 0 Å². The van der Waals surface area contributed by atoms with Crippen molar-refractivity contribution >= 4 is 31.8 Å². The van der Waals surface area contributed by atoms with E-state index in [-0.39, 0.29) is 12.0 Å². The predicted octanol–water partition coefficient (Wildman–Crippen LogP) is 3.01. The normalized spacial score (nSPS) is 21.2. The number of nitrogens with two attached hydrogens (primary N) is 1. The number of rotatable bonds is 6. The molecule has 1 heterocycles. The minimum atomic E-state index is -4.59. The second-order valence-electron chi connectivity index (χ2n) is 8.01. The van der Waals surface area contributed by atoms with Crippen LogP contribution in [0.3, 0.4) is 0 Å². The van der Waals surface area contributed by atoms with E-state index in [2.05, 4.69) is 10.0 Å². The lowest BCUT2D eigenvalue weighted by atomic mass is 9.97. The average molecular weight is 472 g/mol. The smallest absolute Gasteiger partial charge is 0.259 e. The van der Waals surface area contributed by atoms with Crippen LogP contribution in [-0.4, -0.2) is 20.9 Å². The van der Waals surface area contributed by atoms with E-state index >= 15 is 0 Å². The molecule has 0 fully saturated rings. The summed E-state index contributed by atoms with van der Waals surface area (Å²) in [5.74, 6) is 0. The lowest BCUT2D eigenvalue weighted by molar-refractivity contribution is 0.555. The summed E-state index contributed by atoms with van der Waals surface area (Å²) in [5.41, 5.74) is 3.62. The van der Waals surface area contributed by atoms with Crippen LogP contribution in [0.2, 0.25) is 0 Å². The Bertz CT molecular complexity index is 1340. The molecule has 0 radical (unpaired) electrons. The number of nitrogens with one attached hydrogen (secondary N) is 2. The summed E-state index contributed by atoms with van der Waals surface area (Å²) < 4.78 is 53.8. The molecule has 2 aliphatic rings. The van der Waals surface area contributed by atoms with Gasteiger partial charge in [-0.3, -0.25) is 4.72 Å². The van der Waals surface area contributed by atoms with Gasteiger partial charge in [0.25, 0.3) is 10.0 Å². The van der Waals surface area contributed by atoms with Crippen molar-refractivity contribution in [3.05, 3.63) is 94.6 Å². The quantitative estimate of drug-likeness (QED) is 0.599. The molecule has 2 aromatic carbocycles. The van der Waals surface area contributed by atoms with Gasteiger partial charge in [0.15, 0.2) is 0 Å². The largest absolute Gasteiger partial charge is 0.309 e. The van der Waals surface area contributed by atoms with Gasteiger partial charge in [-0.1, -0.05) is 72.3 Å². The minimum Gasteiger partial charge on any atom is -0.309 e. The molecule has 0 saturated carbocycles. The number of hydrogen-bond donors (Lipinski definition) is 3. The van der Waals surface area contributed by atoms with Crippen molar-refractivity contribution in [2.45, 2.75) is 30.5 Å². The summed E-state index contributed by atoms with van der Waals surface area (Å²) in [5, 5.41) is 8.84. The maximum atomic E-state index is 13.8. The molecule has 0 saturated heterocycles. The summed E-state index contributed by atoms with van der Waals surface area (Å²) in [6, 6.07) is 14.5. The molecule has 2 aromatic rings. The van der Waals surface area contributed by atoms with Gasteiger partial charge in [0.2, 0.25) is 14.1 Å². The van der Waals surface area contributed by atoms with Gasteiger partial charge in [0, 0.05) is 19.5 Å². The van der Waals surface area contributed by atoms with E-state index in [4.69, 9.17) is 5.14 Å². The van der Waals surface area contributed by atoms with Crippen molar-refractivity contribution in [1.82, 2.24) is 5.32 Å². The van der Waals surface area contributed by atoms with E-state index in [1.165, 1.54) is 12.2 Å². The topological polar surface area (TPSA) is 118 Å². The maximum Gasteiger partial charge on any atom is 0.259 e. The van der Waals surface area contributed by atoms with E-state index in [1.54, 1.807) is 31.2 Å². The van der Waals surface area contributed by atoms with E-state index < -0.39 is 24.1 Å². The lowest BCUT2D eigenvalue weighted by Crippen LogP contribution is -2.54. The molecule has 1 atom stereocenters. The molecule has 168 valence electrons. The highest BCUT2D eigenvalue weighted by molar-refractivity contribution is 8.10. The van der Waals surface area contributed by atoms with Crippen molar-refractivity contribution in [2.75, 3.05) is 4.72 Å².